The SMILES string of the molecule is CCCC(=O)c1cccc(Cl)c1O. The Labute approximate surface area is 82.2 Å². The van der Waals surface area contributed by atoms with Crippen LogP contribution >= 0.6 is 11.6 Å². The number of aromatic hydroxyl groups is 1. The molecule has 0 heterocycles. The summed E-state index contributed by atoms with van der Waals surface area (Å²) < 4.78 is 0. The maximum absolute atomic E-state index is 11.4. The van der Waals surface area contributed by atoms with Crippen LogP contribution in [0.5, 0.6) is 5.75 Å². The van der Waals surface area contributed by atoms with E-state index in [0.717, 1.165) is 6.42 Å². The highest BCUT2D eigenvalue weighted by molar-refractivity contribution is 6.32. The molecule has 0 unspecified atom stereocenters. The van der Waals surface area contributed by atoms with E-state index in [9.17, 15) is 9.90 Å². The van der Waals surface area contributed by atoms with Gasteiger partial charge in [-0.3, -0.25) is 4.79 Å². The maximum atomic E-state index is 11.4. The van der Waals surface area contributed by atoms with Crippen molar-refractivity contribution in [1.29, 1.82) is 0 Å². The summed E-state index contributed by atoms with van der Waals surface area (Å²) >= 11 is 5.66. The first-order valence-electron chi connectivity index (χ1n) is 4.17. The summed E-state index contributed by atoms with van der Waals surface area (Å²) in [6.45, 7) is 1.92. The number of benzene rings is 1. The van der Waals surface area contributed by atoms with Crippen LogP contribution in [0.4, 0.5) is 0 Å². The molecular formula is C10H11ClO2. The summed E-state index contributed by atoms with van der Waals surface area (Å²) in [7, 11) is 0. The summed E-state index contributed by atoms with van der Waals surface area (Å²) in [5, 5.41) is 9.67. The minimum atomic E-state index is -0.109. The quantitative estimate of drug-likeness (QED) is 0.759. The number of para-hydroxylation sites is 1. The van der Waals surface area contributed by atoms with Crippen molar-refractivity contribution < 1.29 is 9.90 Å². The second kappa shape index (κ2) is 4.28. The predicted molar refractivity (Wildman–Crippen MR) is 52.4 cm³/mol. The molecule has 0 fully saturated rings. The number of phenols is 1. The van der Waals surface area contributed by atoms with E-state index < -0.39 is 0 Å². The van der Waals surface area contributed by atoms with Gasteiger partial charge in [0.15, 0.2) is 5.78 Å². The van der Waals surface area contributed by atoms with Crippen LogP contribution in [0.25, 0.3) is 0 Å². The van der Waals surface area contributed by atoms with Gasteiger partial charge >= 0.3 is 0 Å². The number of hydrogen-bond acceptors (Lipinski definition) is 2. The van der Waals surface area contributed by atoms with Crippen molar-refractivity contribution in [3.05, 3.63) is 28.8 Å². The smallest absolute Gasteiger partial charge is 0.166 e. The van der Waals surface area contributed by atoms with Crippen LogP contribution in [0.1, 0.15) is 30.1 Å². The van der Waals surface area contributed by atoms with Crippen molar-refractivity contribution in [3.63, 3.8) is 0 Å². The third kappa shape index (κ3) is 2.22. The number of carbonyl (C=O) groups excluding carboxylic acids is 1. The van der Waals surface area contributed by atoms with Crippen LogP contribution in [0.15, 0.2) is 18.2 Å². The summed E-state index contributed by atoms with van der Waals surface area (Å²) in [5.41, 5.74) is 0.314. The Morgan fingerprint density at radius 1 is 1.54 bits per heavy atom. The first-order valence-corrected chi connectivity index (χ1v) is 4.55. The van der Waals surface area contributed by atoms with Gasteiger partial charge in [-0.05, 0) is 18.6 Å². The Bertz CT molecular complexity index is 321. The Morgan fingerprint density at radius 2 is 2.23 bits per heavy atom. The van der Waals surface area contributed by atoms with Gasteiger partial charge in [-0.15, -0.1) is 0 Å². The number of hydrogen-bond donors (Lipinski definition) is 1. The molecule has 0 saturated heterocycles. The molecule has 3 heteroatoms. The molecule has 1 rings (SSSR count). The molecular weight excluding hydrogens is 188 g/mol. The Hall–Kier alpha value is -1.02. The maximum Gasteiger partial charge on any atom is 0.166 e. The number of carbonyl (C=O) groups is 1. The van der Waals surface area contributed by atoms with Crippen LogP contribution < -0.4 is 0 Å². The van der Waals surface area contributed by atoms with Crippen LogP contribution in [0.2, 0.25) is 5.02 Å². The first-order chi connectivity index (χ1) is 6.16. The fraction of sp³-hybridized carbons (Fsp3) is 0.300. The summed E-state index contributed by atoms with van der Waals surface area (Å²) in [5.74, 6) is -0.176. The molecule has 0 saturated carbocycles. The largest absolute Gasteiger partial charge is 0.506 e. The van der Waals surface area contributed by atoms with Crippen molar-refractivity contribution in [2.24, 2.45) is 0 Å². The van der Waals surface area contributed by atoms with Crippen LogP contribution in [0.3, 0.4) is 0 Å². The van der Waals surface area contributed by atoms with E-state index in [1.165, 1.54) is 0 Å². The van der Waals surface area contributed by atoms with Crippen LogP contribution in [-0.4, -0.2) is 10.9 Å². The second-order valence-electron chi connectivity index (χ2n) is 2.81. The Kier molecular flexibility index (Phi) is 3.32. The molecule has 70 valence electrons. The van der Waals surface area contributed by atoms with E-state index in [1.54, 1.807) is 18.2 Å². The lowest BCUT2D eigenvalue weighted by molar-refractivity contribution is 0.0979. The van der Waals surface area contributed by atoms with Gasteiger partial charge in [0, 0.05) is 6.42 Å². The first kappa shape index (κ1) is 10.1. The lowest BCUT2D eigenvalue weighted by Crippen LogP contribution is -1.98. The molecule has 0 atom stereocenters. The third-order valence-corrected chi connectivity index (χ3v) is 2.07. The molecule has 0 amide bonds. The molecule has 1 aromatic rings. The lowest BCUT2D eigenvalue weighted by atomic mass is 10.1. The number of phenolic OH excluding ortho intramolecular Hbond substituents is 1. The summed E-state index contributed by atoms with van der Waals surface area (Å²) in [4.78, 5) is 11.4. The second-order valence-corrected chi connectivity index (χ2v) is 3.22. The topological polar surface area (TPSA) is 37.3 Å². The molecule has 0 aromatic heterocycles. The fourth-order valence-corrected chi connectivity index (χ4v) is 1.28. The zero-order valence-electron chi connectivity index (χ0n) is 7.38. The van der Waals surface area contributed by atoms with Gasteiger partial charge in [0.2, 0.25) is 0 Å². The fourth-order valence-electron chi connectivity index (χ4n) is 1.10. The zero-order valence-corrected chi connectivity index (χ0v) is 8.14. The number of halogens is 1. The number of rotatable bonds is 3. The van der Waals surface area contributed by atoms with E-state index in [0.29, 0.717) is 12.0 Å². The molecule has 2 nitrogen and oxygen atoms in total. The zero-order chi connectivity index (χ0) is 9.84. The Balaban J connectivity index is 3.01. The van der Waals surface area contributed by atoms with Gasteiger partial charge in [0.05, 0.1) is 10.6 Å². The molecule has 13 heavy (non-hydrogen) atoms. The standard InChI is InChI=1S/C10H11ClO2/c1-2-4-9(12)7-5-3-6-8(11)10(7)13/h3,5-6,13H,2,4H2,1H3. The molecule has 0 aliphatic heterocycles. The van der Waals surface area contributed by atoms with Gasteiger partial charge in [-0.25, -0.2) is 0 Å². The van der Waals surface area contributed by atoms with Crippen molar-refractivity contribution in [1.82, 2.24) is 0 Å². The highest BCUT2D eigenvalue weighted by Gasteiger charge is 2.11. The molecule has 1 N–H and O–H groups in total. The van der Waals surface area contributed by atoms with Crippen molar-refractivity contribution in [3.8, 4) is 5.75 Å². The van der Waals surface area contributed by atoms with Gasteiger partial charge in [0.25, 0.3) is 0 Å². The van der Waals surface area contributed by atoms with Crippen LogP contribution in [0, 0.1) is 0 Å². The molecule has 0 aliphatic carbocycles. The van der Waals surface area contributed by atoms with Gasteiger partial charge in [-0.2, -0.15) is 0 Å². The summed E-state index contributed by atoms with van der Waals surface area (Å²) in [6, 6.07) is 4.80. The van der Waals surface area contributed by atoms with Crippen LogP contribution in [-0.2, 0) is 0 Å². The molecule has 0 spiro atoms. The molecule has 0 radical (unpaired) electrons. The lowest BCUT2D eigenvalue weighted by Gasteiger charge is -2.03. The van der Waals surface area contributed by atoms with Crippen molar-refractivity contribution in [2.75, 3.05) is 0 Å². The minimum Gasteiger partial charge on any atom is -0.506 e. The van der Waals surface area contributed by atoms with Gasteiger partial charge in [-0.1, -0.05) is 24.6 Å². The predicted octanol–water partition coefficient (Wildman–Crippen LogP) is 3.03. The van der Waals surface area contributed by atoms with Crippen molar-refractivity contribution >= 4 is 17.4 Å². The highest BCUT2D eigenvalue weighted by Crippen LogP contribution is 2.27. The third-order valence-electron chi connectivity index (χ3n) is 1.76. The average molecular weight is 199 g/mol. The molecule has 0 bridgehead atoms. The van der Waals surface area contributed by atoms with E-state index in [1.807, 2.05) is 6.92 Å². The Morgan fingerprint density at radius 3 is 2.85 bits per heavy atom. The van der Waals surface area contributed by atoms with E-state index in [2.05, 4.69) is 0 Å². The summed E-state index contributed by atoms with van der Waals surface area (Å²) in [6.07, 6.45) is 1.21. The van der Waals surface area contributed by atoms with Gasteiger partial charge in [0.1, 0.15) is 5.75 Å². The molecule has 0 aliphatic rings. The van der Waals surface area contributed by atoms with Gasteiger partial charge < -0.3 is 5.11 Å². The number of Topliss-reactive ketones (excluding diaryl/α,β-unsaturated/α-hetero) is 1. The highest BCUT2D eigenvalue weighted by atomic mass is 35.5. The van der Waals surface area contributed by atoms with E-state index >= 15 is 0 Å². The minimum absolute atomic E-state index is 0.0671. The normalized spacial score (nSPS) is 10.0. The van der Waals surface area contributed by atoms with E-state index in [4.69, 9.17) is 11.6 Å². The number of ketones is 1. The van der Waals surface area contributed by atoms with E-state index in [-0.39, 0.29) is 16.6 Å². The monoisotopic (exact) mass is 198 g/mol. The average Bonchev–Trinajstić information content (AvgIpc) is 2.10. The molecule has 1 aromatic carbocycles. The van der Waals surface area contributed by atoms with Crippen molar-refractivity contribution in [2.45, 2.75) is 19.8 Å².